The third-order valence-corrected chi connectivity index (χ3v) is 0.0962. The van der Waals surface area contributed by atoms with Crippen molar-refractivity contribution in [3.8, 4) is 0 Å². The SMILES string of the molecule is C=CB=O. The van der Waals surface area contributed by atoms with Gasteiger partial charge in [-0.25, -0.2) is 0 Å². The van der Waals surface area contributed by atoms with E-state index in [9.17, 15) is 0 Å². The van der Waals surface area contributed by atoms with Crippen molar-refractivity contribution in [3.63, 3.8) is 0 Å². The first-order chi connectivity index (χ1) is 1.91. The van der Waals surface area contributed by atoms with Crippen molar-refractivity contribution in [1.82, 2.24) is 0 Å². The molecule has 0 aromatic rings. The first kappa shape index (κ1) is 3.60. The van der Waals surface area contributed by atoms with Crippen LogP contribution in [-0.4, -0.2) is 7.15 Å². The molecule has 0 rings (SSSR count). The van der Waals surface area contributed by atoms with Crippen LogP contribution in [0.15, 0.2) is 12.6 Å². The molecule has 1 nitrogen and oxygen atoms in total. The van der Waals surface area contributed by atoms with Gasteiger partial charge in [0.25, 0.3) is 0 Å². The van der Waals surface area contributed by atoms with E-state index in [0.29, 0.717) is 7.15 Å². The van der Waals surface area contributed by atoms with Crippen molar-refractivity contribution in [2.45, 2.75) is 0 Å². The molecule has 0 atom stereocenters. The van der Waals surface area contributed by atoms with Gasteiger partial charge >= 0.3 is 24.4 Å². The molecule has 0 aromatic heterocycles. The standard InChI is InChI=1S/C2H3BO/c1-2-3-4/h2H,1H2. The Bertz CT molecular complexity index is 27.0. The summed E-state index contributed by atoms with van der Waals surface area (Å²) in [6.45, 7) is 3.11. The summed E-state index contributed by atoms with van der Waals surface area (Å²) in [5.74, 6) is 1.19. The van der Waals surface area contributed by atoms with E-state index in [4.69, 9.17) is 4.70 Å². The summed E-state index contributed by atoms with van der Waals surface area (Å²) in [5, 5.41) is 0. The summed E-state index contributed by atoms with van der Waals surface area (Å²) in [6.07, 6.45) is 0. The second kappa shape index (κ2) is 2.60. The molecule has 0 spiro atoms. The average molecular weight is 53.9 g/mol. The van der Waals surface area contributed by atoms with Crippen molar-refractivity contribution in [1.29, 1.82) is 0 Å². The molecule has 0 N–H and O–H groups in total. The van der Waals surface area contributed by atoms with Crippen molar-refractivity contribution < 1.29 is 4.70 Å². The van der Waals surface area contributed by atoms with E-state index in [1.165, 1.54) is 5.98 Å². The summed E-state index contributed by atoms with van der Waals surface area (Å²) in [6, 6.07) is 0. The molecular weight excluding hydrogens is 50.8 g/mol. The topological polar surface area (TPSA) is 17.1 Å². The van der Waals surface area contributed by atoms with Crippen LogP contribution >= 0.6 is 0 Å². The first-order valence-corrected chi connectivity index (χ1v) is 0.977. The maximum atomic E-state index is 9.06. The third-order valence-electron chi connectivity index (χ3n) is 0.0962. The summed E-state index contributed by atoms with van der Waals surface area (Å²) >= 11 is 0. The van der Waals surface area contributed by atoms with E-state index in [1.807, 2.05) is 0 Å². The third kappa shape index (κ3) is 1.60. The van der Waals surface area contributed by atoms with Gasteiger partial charge in [-0.2, -0.15) is 0 Å². The summed E-state index contributed by atoms with van der Waals surface area (Å²) in [5.41, 5.74) is 0. The molecule has 0 unspecified atom stereocenters. The van der Waals surface area contributed by atoms with Gasteiger partial charge < -0.3 is 0 Å². The van der Waals surface area contributed by atoms with E-state index < -0.39 is 0 Å². The predicted molar refractivity (Wildman–Crippen MR) is 16.6 cm³/mol. The first-order valence-electron chi connectivity index (χ1n) is 0.977. The Hall–Kier alpha value is -0.395. The molecule has 0 radical (unpaired) electrons. The van der Waals surface area contributed by atoms with Crippen LogP contribution in [-0.2, 0) is 4.70 Å². The Morgan fingerprint density at radius 3 is 2.25 bits per heavy atom. The fourth-order valence-corrected chi connectivity index (χ4v) is 0. The fraction of sp³-hybridized carbons (Fsp3) is 0. The summed E-state index contributed by atoms with van der Waals surface area (Å²) in [4.78, 5) is 0. The zero-order chi connectivity index (χ0) is 3.41. The predicted octanol–water partition coefficient (Wildman–Crippen LogP) is 0.180. The maximum absolute atomic E-state index is 9.06. The fourth-order valence-electron chi connectivity index (χ4n) is 0. The Balaban J connectivity index is 2.73. The molecule has 0 saturated heterocycles. The quantitative estimate of drug-likeness (QED) is 0.390. The van der Waals surface area contributed by atoms with Crippen LogP contribution in [0.2, 0.25) is 0 Å². The van der Waals surface area contributed by atoms with Crippen LogP contribution in [0.5, 0.6) is 0 Å². The Kier molecular flexibility index (Phi) is 2.35. The van der Waals surface area contributed by atoms with Gasteiger partial charge in [-0.15, -0.1) is 0 Å². The van der Waals surface area contributed by atoms with Crippen LogP contribution in [0.3, 0.4) is 0 Å². The monoisotopic (exact) mass is 54.0 g/mol. The van der Waals surface area contributed by atoms with E-state index >= 15 is 0 Å². The Morgan fingerprint density at radius 2 is 2.25 bits per heavy atom. The van der Waals surface area contributed by atoms with E-state index in [0.717, 1.165) is 0 Å². The molecule has 0 aliphatic heterocycles. The van der Waals surface area contributed by atoms with Crippen LogP contribution in [0.1, 0.15) is 0 Å². The molecule has 0 heterocycles. The summed E-state index contributed by atoms with van der Waals surface area (Å²) < 4.78 is 9.06. The number of hydrogen-bond acceptors (Lipinski definition) is 1. The molecule has 0 aliphatic rings. The Morgan fingerprint density at radius 1 is 2.00 bits per heavy atom. The van der Waals surface area contributed by atoms with Crippen molar-refractivity contribution in [3.05, 3.63) is 12.6 Å². The normalized spacial score (nSPS) is 4.00. The molecule has 0 aliphatic carbocycles. The Labute approximate surface area is 25.6 Å². The molecule has 0 saturated carbocycles. The van der Waals surface area contributed by atoms with Gasteiger partial charge in [0.15, 0.2) is 0 Å². The van der Waals surface area contributed by atoms with Gasteiger partial charge in [-0.3, -0.25) is 0 Å². The summed E-state index contributed by atoms with van der Waals surface area (Å²) in [7, 11) is 0.639. The average Bonchev–Trinajstić information content (AvgIpc) is 1.37. The van der Waals surface area contributed by atoms with E-state index in [1.54, 1.807) is 0 Å². The molecular formula is C2H3BO. The van der Waals surface area contributed by atoms with Gasteiger partial charge in [-0.05, 0) is 0 Å². The van der Waals surface area contributed by atoms with Crippen LogP contribution in [0.4, 0.5) is 0 Å². The van der Waals surface area contributed by atoms with Crippen molar-refractivity contribution in [2.24, 2.45) is 0 Å². The second-order valence-corrected chi connectivity index (χ2v) is 0.372. The zero-order valence-corrected chi connectivity index (χ0v) is 2.27. The van der Waals surface area contributed by atoms with Gasteiger partial charge in [0.2, 0.25) is 0 Å². The van der Waals surface area contributed by atoms with E-state index in [-0.39, 0.29) is 0 Å². The van der Waals surface area contributed by atoms with Crippen molar-refractivity contribution >= 4 is 7.15 Å². The minimum atomic E-state index is 0.639. The molecule has 4 heavy (non-hydrogen) atoms. The minimum absolute atomic E-state index is 0.639. The number of rotatable bonds is 1. The second-order valence-electron chi connectivity index (χ2n) is 0.372. The van der Waals surface area contributed by atoms with Gasteiger partial charge in [0.1, 0.15) is 0 Å². The number of hydrogen-bond donors (Lipinski definition) is 0. The van der Waals surface area contributed by atoms with Gasteiger partial charge in [-0.1, -0.05) is 0 Å². The molecule has 0 fully saturated rings. The van der Waals surface area contributed by atoms with Crippen LogP contribution in [0, 0.1) is 0 Å². The van der Waals surface area contributed by atoms with Crippen LogP contribution in [0.25, 0.3) is 0 Å². The zero-order valence-electron chi connectivity index (χ0n) is 2.27. The van der Waals surface area contributed by atoms with Crippen LogP contribution < -0.4 is 0 Å². The molecule has 20 valence electrons. The molecule has 0 aromatic carbocycles. The van der Waals surface area contributed by atoms with Gasteiger partial charge in [0.05, 0.1) is 0 Å². The van der Waals surface area contributed by atoms with Gasteiger partial charge in [0, 0.05) is 0 Å². The molecule has 0 amide bonds. The molecule has 2 heteroatoms. The molecule has 0 bridgehead atoms. The van der Waals surface area contributed by atoms with E-state index in [2.05, 4.69) is 6.58 Å². The van der Waals surface area contributed by atoms with Crippen molar-refractivity contribution in [2.75, 3.05) is 0 Å².